The van der Waals surface area contributed by atoms with Crippen molar-refractivity contribution in [2.75, 3.05) is 11.9 Å². The van der Waals surface area contributed by atoms with Gasteiger partial charge in [-0.2, -0.15) is 0 Å². The number of rotatable bonds is 10. The number of phenols is 1. The molecule has 0 aromatic heterocycles. The molecule has 9 heteroatoms. The fraction of sp³-hybridized carbons (Fsp3) is 0.300. The van der Waals surface area contributed by atoms with E-state index in [1.807, 2.05) is 19.9 Å². The van der Waals surface area contributed by atoms with Crippen LogP contribution in [0.25, 0.3) is 0 Å². The number of aromatic hydroxyl groups is 1. The van der Waals surface area contributed by atoms with Crippen molar-refractivity contribution >= 4 is 23.5 Å². The lowest BCUT2D eigenvalue weighted by Gasteiger charge is -2.27. The van der Waals surface area contributed by atoms with E-state index >= 15 is 0 Å². The molecule has 206 valence electrons. The molecule has 3 aromatic rings. The van der Waals surface area contributed by atoms with Crippen LogP contribution < -0.4 is 15.8 Å². The molecule has 39 heavy (non-hydrogen) atoms. The molecule has 0 atom stereocenters. The molecule has 0 bridgehead atoms. The molecule has 0 aliphatic heterocycles. The Morgan fingerprint density at radius 3 is 2.31 bits per heavy atom. The highest BCUT2D eigenvalue weighted by atomic mass is 16.5. The third kappa shape index (κ3) is 7.81. The summed E-state index contributed by atoms with van der Waals surface area (Å²) in [6.07, 6.45) is 0. The molecule has 0 saturated heterocycles. The van der Waals surface area contributed by atoms with Crippen molar-refractivity contribution in [2.24, 2.45) is 5.73 Å². The van der Waals surface area contributed by atoms with Gasteiger partial charge in [0.25, 0.3) is 0 Å². The third-order valence-corrected chi connectivity index (χ3v) is 6.15. The van der Waals surface area contributed by atoms with Crippen LogP contribution in [0, 0.1) is 13.8 Å². The third-order valence-electron chi connectivity index (χ3n) is 6.15. The number of aryl methyl sites for hydroxylation is 2. The molecule has 0 saturated carbocycles. The van der Waals surface area contributed by atoms with Crippen molar-refractivity contribution in [3.05, 3.63) is 82.4 Å². The lowest BCUT2D eigenvalue weighted by molar-refractivity contribution is -0.152. The van der Waals surface area contributed by atoms with Crippen LogP contribution in [0.1, 0.15) is 53.4 Å². The van der Waals surface area contributed by atoms with E-state index in [1.54, 1.807) is 55.5 Å². The second kappa shape index (κ2) is 12.9. The smallest absolute Gasteiger partial charge is 0.397 e. The highest BCUT2D eigenvalue weighted by Gasteiger charge is 2.18. The summed E-state index contributed by atoms with van der Waals surface area (Å²) in [6.45, 7) is 10.5. The summed E-state index contributed by atoms with van der Waals surface area (Å²) in [6, 6.07) is 15.8. The Morgan fingerprint density at radius 1 is 1.00 bits per heavy atom. The van der Waals surface area contributed by atoms with Gasteiger partial charge in [-0.25, -0.2) is 4.79 Å². The molecular weight excluding hydrogens is 498 g/mol. The van der Waals surface area contributed by atoms with Gasteiger partial charge in [0.2, 0.25) is 5.91 Å². The number of nitrogens with two attached hydrogens (primary N) is 1. The van der Waals surface area contributed by atoms with E-state index in [0.717, 1.165) is 16.7 Å². The molecule has 9 nitrogen and oxygen atoms in total. The minimum atomic E-state index is -0.944. The zero-order chi connectivity index (χ0) is 28.7. The number of hydrogen-bond acceptors (Lipinski definition) is 7. The Labute approximate surface area is 228 Å². The number of phenolic OH excluding ortho intramolecular Hbond substituents is 1. The number of primary amides is 1. The molecular formula is C30H35N3O6. The molecule has 0 aliphatic rings. The summed E-state index contributed by atoms with van der Waals surface area (Å²) in [5, 5.41) is 13.2. The summed E-state index contributed by atoms with van der Waals surface area (Å²) in [5.41, 5.74) is 9.46. The van der Waals surface area contributed by atoms with Crippen LogP contribution in [0.15, 0.2) is 54.6 Å². The van der Waals surface area contributed by atoms with E-state index in [4.69, 9.17) is 15.2 Å². The lowest BCUT2D eigenvalue weighted by Crippen LogP contribution is -2.30. The molecule has 2 amide bonds. The number of nitrogens with one attached hydrogen (secondary N) is 1. The Hall–Kier alpha value is -4.37. The van der Waals surface area contributed by atoms with Crippen molar-refractivity contribution in [1.29, 1.82) is 0 Å². The Morgan fingerprint density at radius 2 is 1.69 bits per heavy atom. The molecule has 0 spiro atoms. The number of amides is 2. The molecule has 0 unspecified atom stereocenters. The maximum atomic E-state index is 12.0. The fourth-order valence-electron chi connectivity index (χ4n) is 4.13. The van der Waals surface area contributed by atoms with Gasteiger partial charge in [-0.15, -0.1) is 0 Å². The van der Waals surface area contributed by atoms with Crippen molar-refractivity contribution in [1.82, 2.24) is 4.90 Å². The van der Waals surface area contributed by atoms with Gasteiger partial charge in [-0.05, 0) is 93.8 Å². The van der Waals surface area contributed by atoms with Gasteiger partial charge in [-0.3, -0.25) is 14.5 Å². The second-order valence-corrected chi connectivity index (χ2v) is 9.57. The number of nitrogens with zero attached hydrogens (tertiary/aromatic N) is 1. The number of esters is 1. The maximum Gasteiger partial charge on any atom is 0.397 e. The van der Waals surface area contributed by atoms with Gasteiger partial charge in [0.1, 0.15) is 17.2 Å². The average molecular weight is 534 g/mol. The lowest BCUT2D eigenvalue weighted by atomic mass is 10.1. The second-order valence-electron chi connectivity index (χ2n) is 9.57. The largest absolute Gasteiger partial charge is 0.508 e. The van der Waals surface area contributed by atoms with E-state index < -0.39 is 17.8 Å². The topological polar surface area (TPSA) is 131 Å². The van der Waals surface area contributed by atoms with Crippen LogP contribution in [0.3, 0.4) is 0 Å². The van der Waals surface area contributed by atoms with Crippen molar-refractivity contribution in [3.63, 3.8) is 0 Å². The maximum absolute atomic E-state index is 12.0. The molecule has 3 aromatic carbocycles. The van der Waals surface area contributed by atoms with E-state index in [9.17, 15) is 19.5 Å². The fourth-order valence-corrected chi connectivity index (χ4v) is 4.13. The van der Waals surface area contributed by atoms with Crippen LogP contribution >= 0.6 is 0 Å². The first-order valence-corrected chi connectivity index (χ1v) is 12.7. The van der Waals surface area contributed by atoms with Gasteiger partial charge < -0.3 is 25.6 Å². The average Bonchev–Trinajstić information content (AvgIpc) is 2.87. The summed E-state index contributed by atoms with van der Waals surface area (Å²) >= 11 is 0. The highest BCUT2D eigenvalue weighted by Crippen LogP contribution is 2.34. The van der Waals surface area contributed by atoms with Crippen LogP contribution in [0.2, 0.25) is 0 Å². The number of ether oxygens (including phenoxy) is 2. The zero-order valence-corrected chi connectivity index (χ0v) is 22.9. The van der Waals surface area contributed by atoms with Gasteiger partial charge in [0, 0.05) is 35.9 Å². The first-order chi connectivity index (χ1) is 18.5. The van der Waals surface area contributed by atoms with Gasteiger partial charge in [0.15, 0.2) is 0 Å². The van der Waals surface area contributed by atoms with Crippen molar-refractivity contribution < 1.29 is 29.0 Å². The Kier molecular flexibility index (Phi) is 9.68. The summed E-state index contributed by atoms with van der Waals surface area (Å²) in [7, 11) is 0. The van der Waals surface area contributed by atoms with Crippen LogP contribution in [0.5, 0.6) is 17.2 Å². The van der Waals surface area contributed by atoms with Gasteiger partial charge in [-0.1, -0.05) is 12.1 Å². The van der Waals surface area contributed by atoms with Crippen molar-refractivity contribution in [3.8, 4) is 17.2 Å². The van der Waals surface area contributed by atoms with E-state index in [1.165, 1.54) is 0 Å². The quantitative estimate of drug-likeness (QED) is 0.252. The summed E-state index contributed by atoms with van der Waals surface area (Å²) < 4.78 is 10.9. The van der Waals surface area contributed by atoms with Crippen LogP contribution in [0.4, 0.5) is 5.69 Å². The SMILES string of the molecule is CCOC(=O)C(=O)Nc1cc(C)c(Oc2ccc(O)c(CN(Cc3cccc(C(N)=O)c3)C(C)C)c2)c(C)c1. The van der Waals surface area contributed by atoms with E-state index in [-0.39, 0.29) is 18.4 Å². The van der Waals surface area contributed by atoms with Crippen LogP contribution in [-0.2, 0) is 27.4 Å². The standard InChI is InChI=1S/C30H35N3O6/c1-6-38-30(37)29(36)32-24-12-19(4)27(20(5)13-24)39-25-10-11-26(34)23(15-25)17-33(18(2)3)16-21-8-7-9-22(14-21)28(31)35/h7-15,18,34H,6,16-17H2,1-5H3,(H2,31,35)(H,32,36). The Bertz CT molecular complexity index is 1350. The number of carbonyl (C=O) groups excluding carboxylic acids is 3. The monoisotopic (exact) mass is 533 g/mol. The number of anilines is 1. The Balaban J connectivity index is 1.79. The molecule has 4 N–H and O–H groups in total. The number of carbonyl (C=O) groups is 3. The van der Waals surface area contributed by atoms with E-state index in [2.05, 4.69) is 24.1 Å². The molecule has 0 fully saturated rings. The van der Waals surface area contributed by atoms with Crippen molar-refractivity contribution in [2.45, 2.75) is 53.8 Å². The van der Waals surface area contributed by atoms with Crippen LogP contribution in [-0.4, -0.2) is 40.4 Å². The predicted octanol–water partition coefficient (Wildman–Crippen LogP) is 4.81. The molecule has 0 aliphatic carbocycles. The first kappa shape index (κ1) is 29.2. The molecule has 3 rings (SSSR count). The normalized spacial score (nSPS) is 10.9. The minimum Gasteiger partial charge on any atom is -0.508 e. The van der Waals surface area contributed by atoms with Gasteiger partial charge >= 0.3 is 11.9 Å². The summed E-state index contributed by atoms with van der Waals surface area (Å²) in [4.78, 5) is 37.4. The number of hydrogen-bond donors (Lipinski definition) is 3. The zero-order valence-electron chi connectivity index (χ0n) is 22.9. The van der Waals surface area contributed by atoms with Gasteiger partial charge in [0.05, 0.1) is 6.61 Å². The predicted molar refractivity (Wildman–Crippen MR) is 149 cm³/mol. The number of benzene rings is 3. The first-order valence-electron chi connectivity index (χ1n) is 12.7. The molecule has 0 heterocycles. The van der Waals surface area contributed by atoms with E-state index in [0.29, 0.717) is 41.4 Å². The molecule has 0 radical (unpaired) electrons. The highest BCUT2D eigenvalue weighted by molar-refractivity contribution is 6.37. The summed E-state index contributed by atoms with van der Waals surface area (Å²) in [5.74, 6) is -0.981. The minimum absolute atomic E-state index is 0.114.